The molecule has 0 aliphatic carbocycles. The fourth-order valence-electron chi connectivity index (χ4n) is 3.92. The van der Waals surface area contributed by atoms with Crippen LogP contribution >= 0.6 is 45.5 Å². The Kier molecular flexibility index (Phi) is 7.67. The summed E-state index contributed by atoms with van der Waals surface area (Å²) in [6.45, 7) is 3.71. The van der Waals surface area contributed by atoms with Crippen molar-refractivity contribution in [2.24, 2.45) is 4.99 Å². The van der Waals surface area contributed by atoms with Gasteiger partial charge < -0.3 is 14.2 Å². The predicted octanol–water partition coefficient (Wildman–Crippen LogP) is 4.07. The molecule has 1 aromatic heterocycles. The Hall–Kier alpha value is -2.63. The van der Waals surface area contributed by atoms with Crippen LogP contribution in [0.4, 0.5) is 0 Å². The highest BCUT2D eigenvalue weighted by atomic mass is 127. The predicted molar refractivity (Wildman–Crippen MR) is 144 cm³/mol. The first-order valence-electron chi connectivity index (χ1n) is 10.7. The number of hydrogen-bond donors (Lipinski definition) is 0. The van der Waals surface area contributed by atoms with Crippen LogP contribution in [-0.4, -0.2) is 31.4 Å². The van der Waals surface area contributed by atoms with E-state index in [9.17, 15) is 9.59 Å². The minimum Gasteiger partial charge on any atom is -0.493 e. The summed E-state index contributed by atoms with van der Waals surface area (Å²) in [5, 5.41) is 0.558. The molecule has 3 aromatic rings. The molecule has 0 N–H and O–H groups in total. The highest BCUT2D eigenvalue weighted by Crippen LogP contribution is 2.34. The number of carbonyl (C=O) groups is 1. The maximum absolute atomic E-state index is 13.7. The number of nitrogens with zero attached hydrogens (tertiary/aromatic N) is 2. The molecule has 0 saturated heterocycles. The van der Waals surface area contributed by atoms with Crippen LogP contribution in [0.3, 0.4) is 0 Å². The number of halogens is 2. The molecule has 0 saturated carbocycles. The van der Waals surface area contributed by atoms with Crippen molar-refractivity contribution in [3.05, 3.63) is 87.1 Å². The second-order valence-electron chi connectivity index (χ2n) is 7.59. The molecule has 182 valence electrons. The normalized spacial score (nSPS) is 15.5. The van der Waals surface area contributed by atoms with Crippen LogP contribution in [0.1, 0.15) is 31.0 Å². The van der Waals surface area contributed by atoms with Crippen LogP contribution in [-0.2, 0) is 9.53 Å². The van der Waals surface area contributed by atoms with Gasteiger partial charge in [0, 0.05) is 5.02 Å². The third kappa shape index (κ3) is 4.89. The zero-order valence-corrected chi connectivity index (χ0v) is 23.2. The van der Waals surface area contributed by atoms with Gasteiger partial charge in [-0.3, -0.25) is 9.36 Å². The topological polar surface area (TPSA) is 79.1 Å². The SMILES string of the molecule is CCOC(=O)C1=C(C)N=c2s/c(=C\c3cc(I)c(OC)c(OC)c3)c(=O)n2[C@H]1c1ccc(Cl)cc1. The number of aromatic nitrogens is 1. The number of allylic oxidation sites excluding steroid dienone is 1. The molecule has 0 fully saturated rings. The third-order valence-corrected chi connectivity index (χ3v) is 7.49. The lowest BCUT2D eigenvalue weighted by Gasteiger charge is -2.24. The van der Waals surface area contributed by atoms with E-state index < -0.39 is 12.0 Å². The summed E-state index contributed by atoms with van der Waals surface area (Å²) in [5.74, 6) is 0.694. The van der Waals surface area contributed by atoms with Crippen molar-refractivity contribution in [2.75, 3.05) is 20.8 Å². The minimum absolute atomic E-state index is 0.214. The lowest BCUT2D eigenvalue weighted by molar-refractivity contribution is -0.139. The third-order valence-electron chi connectivity index (χ3n) is 5.46. The second-order valence-corrected chi connectivity index (χ2v) is 10.2. The van der Waals surface area contributed by atoms with Crippen molar-refractivity contribution in [1.82, 2.24) is 4.57 Å². The maximum Gasteiger partial charge on any atom is 0.338 e. The van der Waals surface area contributed by atoms with Crippen molar-refractivity contribution in [1.29, 1.82) is 0 Å². The van der Waals surface area contributed by atoms with Gasteiger partial charge in [0.2, 0.25) is 0 Å². The molecule has 0 spiro atoms. The summed E-state index contributed by atoms with van der Waals surface area (Å²) < 4.78 is 19.1. The highest BCUT2D eigenvalue weighted by molar-refractivity contribution is 14.1. The van der Waals surface area contributed by atoms with E-state index in [0.717, 1.165) is 14.7 Å². The van der Waals surface area contributed by atoms with Gasteiger partial charge in [-0.05, 0) is 77.9 Å². The molecule has 2 aromatic carbocycles. The maximum atomic E-state index is 13.7. The minimum atomic E-state index is -0.685. The van der Waals surface area contributed by atoms with Crippen LogP contribution < -0.4 is 24.4 Å². The Morgan fingerprint density at radius 1 is 1.23 bits per heavy atom. The Balaban J connectivity index is 1.94. The Bertz CT molecular complexity index is 1510. The Morgan fingerprint density at radius 2 is 1.94 bits per heavy atom. The van der Waals surface area contributed by atoms with E-state index in [4.69, 9.17) is 25.8 Å². The van der Waals surface area contributed by atoms with E-state index in [1.807, 2.05) is 12.1 Å². The fourth-order valence-corrected chi connectivity index (χ4v) is 5.94. The molecule has 0 radical (unpaired) electrons. The number of methoxy groups -OCH3 is 2. The van der Waals surface area contributed by atoms with Crippen molar-refractivity contribution >= 4 is 57.6 Å². The zero-order chi connectivity index (χ0) is 25.3. The molecule has 0 bridgehead atoms. The number of ether oxygens (including phenoxy) is 3. The van der Waals surface area contributed by atoms with Crippen LogP contribution in [0.5, 0.6) is 11.5 Å². The summed E-state index contributed by atoms with van der Waals surface area (Å²) in [4.78, 5) is 31.7. The van der Waals surface area contributed by atoms with Gasteiger partial charge in [-0.2, -0.15) is 0 Å². The van der Waals surface area contributed by atoms with Gasteiger partial charge in [0.1, 0.15) is 0 Å². The number of rotatable bonds is 6. The summed E-state index contributed by atoms with van der Waals surface area (Å²) in [7, 11) is 3.15. The number of benzene rings is 2. The van der Waals surface area contributed by atoms with Crippen LogP contribution in [0.2, 0.25) is 5.02 Å². The molecule has 10 heteroatoms. The summed E-state index contributed by atoms with van der Waals surface area (Å²) in [6.07, 6.45) is 1.79. The standard InChI is InChI=1S/C25H22ClIN2O5S/c1-5-34-24(31)20-13(2)28-25-29(21(20)15-6-8-16(26)9-7-15)23(30)19(35-25)12-14-10-17(27)22(33-4)18(11-14)32-3/h6-12,21H,5H2,1-4H3/b19-12-/t21-/m0/s1. The van der Waals surface area contributed by atoms with Gasteiger partial charge in [0.25, 0.3) is 5.56 Å². The van der Waals surface area contributed by atoms with Crippen molar-refractivity contribution in [3.63, 3.8) is 0 Å². The van der Waals surface area contributed by atoms with Crippen LogP contribution in [0, 0.1) is 3.57 Å². The number of thiazole rings is 1. The number of hydrogen-bond acceptors (Lipinski definition) is 7. The van der Waals surface area contributed by atoms with Crippen LogP contribution in [0.15, 0.2) is 57.5 Å². The van der Waals surface area contributed by atoms with Crippen molar-refractivity contribution < 1.29 is 19.0 Å². The van der Waals surface area contributed by atoms with Crippen molar-refractivity contribution in [2.45, 2.75) is 19.9 Å². The lowest BCUT2D eigenvalue weighted by atomic mass is 9.96. The van der Waals surface area contributed by atoms with Gasteiger partial charge in [-0.15, -0.1) is 0 Å². The average Bonchev–Trinajstić information content (AvgIpc) is 3.12. The summed E-state index contributed by atoms with van der Waals surface area (Å²) in [5.41, 5.74) is 2.10. The summed E-state index contributed by atoms with van der Waals surface area (Å²) >= 11 is 9.52. The smallest absolute Gasteiger partial charge is 0.338 e. The first-order chi connectivity index (χ1) is 16.8. The second kappa shape index (κ2) is 10.5. The molecular formula is C25H22ClIN2O5S. The lowest BCUT2D eigenvalue weighted by Crippen LogP contribution is -2.39. The van der Waals surface area contributed by atoms with Gasteiger partial charge in [0.15, 0.2) is 16.3 Å². The molecule has 7 nitrogen and oxygen atoms in total. The molecular weight excluding hydrogens is 603 g/mol. The van der Waals surface area contributed by atoms with Gasteiger partial charge >= 0.3 is 5.97 Å². The largest absolute Gasteiger partial charge is 0.493 e. The van der Waals surface area contributed by atoms with Gasteiger partial charge in [-0.25, -0.2) is 9.79 Å². The fraction of sp³-hybridized carbons (Fsp3) is 0.240. The zero-order valence-electron chi connectivity index (χ0n) is 19.4. The highest BCUT2D eigenvalue weighted by Gasteiger charge is 2.33. The van der Waals surface area contributed by atoms with E-state index in [1.54, 1.807) is 63.0 Å². The number of fused-ring (bicyclic) bond motifs is 1. The summed E-state index contributed by atoms with van der Waals surface area (Å²) in [6, 6.07) is 10.1. The quantitative estimate of drug-likeness (QED) is 0.305. The van der Waals surface area contributed by atoms with E-state index in [-0.39, 0.29) is 12.2 Å². The number of carbonyl (C=O) groups excluding carboxylic acids is 1. The number of esters is 1. The molecule has 1 aliphatic heterocycles. The monoisotopic (exact) mass is 624 g/mol. The molecule has 1 aliphatic rings. The van der Waals surface area contributed by atoms with E-state index >= 15 is 0 Å². The molecule has 0 amide bonds. The molecule has 0 unspecified atom stereocenters. The Morgan fingerprint density at radius 3 is 2.57 bits per heavy atom. The molecule has 4 rings (SSSR count). The molecule has 35 heavy (non-hydrogen) atoms. The van der Waals surface area contributed by atoms with E-state index in [0.29, 0.717) is 37.1 Å². The van der Waals surface area contributed by atoms with Gasteiger partial charge in [0.05, 0.1) is 46.2 Å². The van der Waals surface area contributed by atoms with Crippen LogP contribution in [0.25, 0.3) is 6.08 Å². The molecule has 1 atom stereocenters. The van der Waals surface area contributed by atoms with E-state index in [1.165, 1.54) is 11.3 Å². The molecule has 2 heterocycles. The van der Waals surface area contributed by atoms with Gasteiger partial charge in [-0.1, -0.05) is 35.1 Å². The Labute approximate surface area is 224 Å². The average molecular weight is 625 g/mol. The first kappa shape index (κ1) is 25.5. The van der Waals surface area contributed by atoms with E-state index in [2.05, 4.69) is 27.6 Å². The van der Waals surface area contributed by atoms with Crippen molar-refractivity contribution in [3.8, 4) is 11.5 Å². The first-order valence-corrected chi connectivity index (χ1v) is 12.9.